The summed E-state index contributed by atoms with van der Waals surface area (Å²) in [6.45, 7) is 3.01. The molecule has 0 amide bonds. The molecule has 0 radical (unpaired) electrons. The lowest BCUT2D eigenvalue weighted by atomic mass is 10.2. The van der Waals surface area contributed by atoms with E-state index >= 15 is 0 Å². The largest absolute Gasteiger partial charge is 0.338 e. The smallest absolute Gasteiger partial charge is 0.269 e. The highest BCUT2D eigenvalue weighted by Crippen LogP contribution is 2.41. The fraction of sp³-hybridized carbons (Fsp3) is 0.143. The molecule has 0 atom stereocenters. The van der Waals surface area contributed by atoms with Crippen LogP contribution in [0.4, 0.5) is 11.4 Å². The molecule has 0 heterocycles. The van der Waals surface area contributed by atoms with Crippen molar-refractivity contribution in [3.8, 4) is 0 Å². The summed E-state index contributed by atoms with van der Waals surface area (Å²) >= 11 is 0. The van der Waals surface area contributed by atoms with E-state index in [4.69, 9.17) is 0 Å². The number of aryl methyl sites for hydroxylation is 2. The number of nitro benzene ring substituents is 2. The Balaban J connectivity index is 2.56. The van der Waals surface area contributed by atoms with Gasteiger partial charge in [0.05, 0.1) is 9.85 Å². The first-order valence-electron chi connectivity index (χ1n) is 6.48. The van der Waals surface area contributed by atoms with Crippen LogP contribution in [-0.2, 0) is 4.57 Å². The van der Waals surface area contributed by atoms with E-state index in [1.54, 1.807) is 0 Å². The van der Waals surface area contributed by atoms with E-state index in [0.717, 1.165) is 12.1 Å². The predicted molar refractivity (Wildman–Crippen MR) is 84.8 cm³/mol. The van der Waals surface area contributed by atoms with Gasteiger partial charge in [-0.05, 0) is 37.1 Å². The number of non-ortho nitro benzene ring substituents is 2. The lowest BCUT2D eigenvalue weighted by molar-refractivity contribution is -0.385. The van der Waals surface area contributed by atoms with Crippen molar-refractivity contribution in [3.05, 3.63) is 67.8 Å². The molecule has 0 saturated carbocycles. The molecule has 2 rings (SSSR count). The number of rotatable bonds is 4. The average molecular weight is 336 g/mol. The molecule has 120 valence electrons. The molecule has 0 bridgehead atoms. The second-order valence-electron chi connectivity index (χ2n) is 5.03. The maximum Gasteiger partial charge on any atom is 0.269 e. The van der Waals surface area contributed by atoms with Crippen LogP contribution in [0, 0.1) is 34.1 Å². The van der Waals surface area contributed by atoms with Crippen LogP contribution in [0.15, 0.2) is 36.4 Å². The summed E-state index contributed by atoms with van der Waals surface area (Å²) in [5.41, 5.74) is 0.268. The van der Waals surface area contributed by atoms with Crippen molar-refractivity contribution in [2.75, 3.05) is 0 Å². The summed E-state index contributed by atoms with van der Waals surface area (Å²) in [4.78, 5) is 30.8. The van der Waals surface area contributed by atoms with Gasteiger partial charge >= 0.3 is 0 Å². The van der Waals surface area contributed by atoms with Crippen LogP contribution in [0.2, 0.25) is 0 Å². The fourth-order valence-electron chi connectivity index (χ4n) is 2.32. The molecule has 0 fully saturated rings. The molecule has 8 nitrogen and oxygen atoms in total. The molecule has 0 spiro atoms. The molecule has 0 aliphatic carbocycles. The highest BCUT2D eigenvalue weighted by Gasteiger charge is 2.29. The zero-order valence-electron chi connectivity index (χ0n) is 12.3. The van der Waals surface area contributed by atoms with Gasteiger partial charge < -0.3 is 4.89 Å². The Morgan fingerprint density at radius 1 is 0.870 bits per heavy atom. The van der Waals surface area contributed by atoms with E-state index in [0.29, 0.717) is 11.1 Å². The Kier molecular flexibility index (Phi) is 4.31. The van der Waals surface area contributed by atoms with Gasteiger partial charge in [0.15, 0.2) is 0 Å². The van der Waals surface area contributed by atoms with E-state index in [1.807, 2.05) is 0 Å². The van der Waals surface area contributed by atoms with Gasteiger partial charge in [0.2, 0.25) is 0 Å². The van der Waals surface area contributed by atoms with Crippen LogP contribution in [0.3, 0.4) is 0 Å². The van der Waals surface area contributed by atoms with Gasteiger partial charge in [0.1, 0.15) is 0 Å². The molecule has 9 heteroatoms. The van der Waals surface area contributed by atoms with E-state index in [2.05, 4.69) is 0 Å². The SMILES string of the molecule is Cc1cc([N+](=O)[O-])ccc1P(=O)(O)c1ccc([N+](=O)[O-])cc1C. The molecule has 0 unspecified atom stereocenters. The minimum Gasteiger partial charge on any atom is -0.338 e. The molecular weight excluding hydrogens is 323 g/mol. The first-order valence-corrected chi connectivity index (χ1v) is 8.14. The molecule has 2 aromatic carbocycles. The monoisotopic (exact) mass is 336 g/mol. The minimum atomic E-state index is -4.02. The van der Waals surface area contributed by atoms with Gasteiger partial charge in [0, 0.05) is 34.9 Å². The highest BCUT2D eigenvalue weighted by molar-refractivity contribution is 7.73. The predicted octanol–water partition coefficient (Wildman–Crippen LogP) is 2.34. The van der Waals surface area contributed by atoms with Crippen LogP contribution in [0.5, 0.6) is 0 Å². The van der Waals surface area contributed by atoms with E-state index < -0.39 is 17.2 Å². The van der Waals surface area contributed by atoms with Gasteiger partial charge in [-0.15, -0.1) is 0 Å². The molecule has 0 aromatic heterocycles. The summed E-state index contributed by atoms with van der Waals surface area (Å²) in [6, 6.07) is 7.25. The third kappa shape index (κ3) is 3.13. The topological polar surface area (TPSA) is 124 Å². The number of nitro groups is 2. The van der Waals surface area contributed by atoms with Crippen LogP contribution in [0.1, 0.15) is 11.1 Å². The minimum absolute atomic E-state index is 0.0695. The number of hydrogen-bond donors (Lipinski definition) is 1. The highest BCUT2D eigenvalue weighted by atomic mass is 31.2. The van der Waals surface area contributed by atoms with Crippen LogP contribution < -0.4 is 10.6 Å². The summed E-state index contributed by atoms with van der Waals surface area (Å²) in [5.74, 6) is 0. The molecule has 23 heavy (non-hydrogen) atoms. The maximum atomic E-state index is 12.8. The van der Waals surface area contributed by atoms with Crippen molar-refractivity contribution in [3.63, 3.8) is 0 Å². The quantitative estimate of drug-likeness (QED) is 0.519. The number of nitrogens with zero attached hydrogens (tertiary/aromatic N) is 2. The molecule has 1 N–H and O–H groups in total. The van der Waals surface area contributed by atoms with E-state index in [1.165, 1.54) is 38.1 Å². The normalized spacial score (nSPS) is 11.3. The van der Waals surface area contributed by atoms with Crippen LogP contribution in [-0.4, -0.2) is 14.7 Å². The second kappa shape index (κ2) is 5.91. The van der Waals surface area contributed by atoms with Crippen molar-refractivity contribution in [1.29, 1.82) is 0 Å². The third-order valence-electron chi connectivity index (χ3n) is 3.44. The first-order chi connectivity index (χ1) is 10.6. The Bertz CT molecular complexity index is 797. The van der Waals surface area contributed by atoms with E-state index in [-0.39, 0.29) is 22.0 Å². The Labute approximate surface area is 131 Å². The first kappa shape index (κ1) is 16.8. The maximum absolute atomic E-state index is 12.8. The summed E-state index contributed by atoms with van der Waals surface area (Å²) < 4.78 is 12.8. The van der Waals surface area contributed by atoms with Gasteiger partial charge in [-0.25, -0.2) is 0 Å². The van der Waals surface area contributed by atoms with E-state index in [9.17, 15) is 29.7 Å². The summed E-state index contributed by atoms with van der Waals surface area (Å²) in [7, 11) is -4.02. The Morgan fingerprint density at radius 3 is 1.48 bits per heavy atom. The third-order valence-corrected chi connectivity index (χ3v) is 5.75. The molecule has 2 aromatic rings. The van der Waals surface area contributed by atoms with Crippen LogP contribution in [0.25, 0.3) is 0 Å². The van der Waals surface area contributed by atoms with Crippen LogP contribution >= 0.6 is 7.37 Å². The van der Waals surface area contributed by atoms with Crippen molar-refractivity contribution >= 4 is 29.4 Å². The molecular formula is C14H13N2O6P. The van der Waals surface area contributed by atoms with Gasteiger partial charge in [-0.1, -0.05) is 0 Å². The van der Waals surface area contributed by atoms with Gasteiger partial charge in [-0.3, -0.25) is 24.8 Å². The number of hydrogen-bond acceptors (Lipinski definition) is 5. The average Bonchev–Trinajstić information content (AvgIpc) is 2.46. The van der Waals surface area contributed by atoms with Gasteiger partial charge in [0.25, 0.3) is 18.7 Å². The lowest BCUT2D eigenvalue weighted by Gasteiger charge is -2.16. The molecule has 0 saturated heterocycles. The second-order valence-corrected chi connectivity index (χ2v) is 7.15. The zero-order valence-corrected chi connectivity index (χ0v) is 13.2. The van der Waals surface area contributed by atoms with Crippen molar-refractivity contribution < 1.29 is 19.3 Å². The fourth-order valence-corrected chi connectivity index (χ4v) is 4.21. The number of benzene rings is 2. The van der Waals surface area contributed by atoms with Crippen molar-refractivity contribution in [1.82, 2.24) is 0 Å². The van der Waals surface area contributed by atoms with Crippen molar-refractivity contribution in [2.45, 2.75) is 13.8 Å². The zero-order chi connectivity index (χ0) is 17.4. The summed E-state index contributed by atoms with van der Waals surface area (Å²) in [6.07, 6.45) is 0. The molecule has 0 aliphatic heterocycles. The standard InChI is InChI=1S/C14H13N2O6P/c1-9-7-11(15(17)18)3-5-13(9)23(21,22)14-6-4-12(16(19)20)8-10(14)2/h3-8H,1-2H3,(H,21,22). The van der Waals surface area contributed by atoms with Gasteiger partial charge in [-0.2, -0.15) is 0 Å². The lowest BCUT2D eigenvalue weighted by Crippen LogP contribution is -2.20. The van der Waals surface area contributed by atoms with Crippen molar-refractivity contribution in [2.24, 2.45) is 0 Å². The Hall–Kier alpha value is -2.57. The Morgan fingerprint density at radius 2 is 1.22 bits per heavy atom. The summed E-state index contributed by atoms with van der Waals surface area (Å²) in [5, 5.41) is 21.6. The molecule has 0 aliphatic rings.